The molecule has 0 aliphatic rings. The molecule has 0 bridgehead atoms. The number of hydrogen-bond acceptors (Lipinski definition) is 5. The Hall–Kier alpha value is -3.94. The zero-order valence-electron chi connectivity index (χ0n) is 14.8. The summed E-state index contributed by atoms with van der Waals surface area (Å²) in [6.07, 6.45) is 5.94. The number of para-hydroxylation sites is 1. The van der Waals surface area contributed by atoms with Gasteiger partial charge >= 0.3 is 0 Å². The van der Waals surface area contributed by atoms with Crippen molar-refractivity contribution in [2.24, 2.45) is 0 Å². The first-order chi connectivity index (χ1) is 13.8. The fraction of sp³-hybridized carbons (Fsp3) is 0.100. The van der Waals surface area contributed by atoms with Gasteiger partial charge in [0.2, 0.25) is 5.91 Å². The third-order valence-electron chi connectivity index (χ3n) is 4.48. The lowest BCUT2D eigenvalue weighted by molar-refractivity contribution is -0.116. The number of benzene rings is 1. The predicted octanol–water partition coefficient (Wildman–Crippen LogP) is 3.44. The number of imidazole rings is 2. The fourth-order valence-electron chi connectivity index (χ4n) is 3.09. The topological polar surface area (TPSA) is 101 Å². The van der Waals surface area contributed by atoms with E-state index in [2.05, 4.69) is 25.4 Å². The number of aromatic nitrogens is 5. The van der Waals surface area contributed by atoms with Crippen molar-refractivity contribution in [1.82, 2.24) is 24.6 Å². The average Bonchev–Trinajstić information content (AvgIpc) is 3.44. The van der Waals surface area contributed by atoms with Crippen LogP contribution >= 0.6 is 0 Å². The number of anilines is 1. The molecular weight excluding hydrogens is 356 g/mol. The van der Waals surface area contributed by atoms with Gasteiger partial charge in [0, 0.05) is 23.7 Å². The van der Waals surface area contributed by atoms with Crippen LogP contribution in [0.25, 0.3) is 28.1 Å². The highest BCUT2D eigenvalue weighted by Gasteiger charge is 2.13. The summed E-state index contributed by atoms with van der Waals surface area (Å²) in [6.45, 7) is 0. The van der Waals surface area contributed by atoms with Gasteiger partial charge in [-0.1, -0.05) is 18.2 Å². The highest BCUT2D eigenvalue weighted by molar-refractivity contribution is 5.90. The zero-order chi connectivity index (χ0) is 18.9. The van der Waals surface area contributed by atoms with Crippen LogP contribution in [-0.2, 0) is 11.2 Å². The Labute approximate surface area is 159 Å². The Kier molecular flexibility index (Phi) is 3.86. The second-order valence-corrected chi connectivity index (χ2v) is 6.41. The van der Waals surface area contributed by atoms with Crippen LogP contribution in [0, 0.1) is 0 Å². The lowest BCUT2D eigenvalue weighted by Crippen LogP contribution is -2.14. The normalized spacial score (nSPS) is 11.3. The van der Waals surface area contributed by atoms with Gasteiger partial charge in [0.15, 0.2) is 17.2 Å². The van der Waals surface area contributed by atoms with Gasteiger partial charge < -0.3 is 14.7 Å². The van der Waals surface area contributed by atoms with Crippen LogP contribution in [0.1, 0.15) is 12.1 Å². The van der Waals surface area contributed by atoms with Crippen molar-refractivity contribution in [1.29, 1.82) is 0 Å². The molecule has 0 fully saturated rings. The molecule has 0 radical (unpaired) electrons. The molecule has 5 aromatic rings. The fourth-order valence-corrected chi connectivity index (χ4v) is 3.09. The Morgan fingerprint density at radius 1 is 1.18 bits per heavy atom. The molecule has 0 atom stereocenters. The van der Waals surface area contributed by atoms with E-state index in [1.165, 1.54) is 0 Å². The molecule has 0 saturated heterocycles. The van der Waals surface area contributed by atoms with Crippen LogP contribution in [0.2, 0.25) is 0 Å². The maximum absolute atomic E-state index is 12.2. The van der Waals surface area contributed by atoms with Crippen LogP contribution in [0.4, 0.5) is 5.82 Å². The maximum atomic E-state index is 12.2. The van der Waals surface area contributed by atoms with E-state index in [-0.39, 0.29) is 5.91 Å². The summed E-state index contributed by atoms with van der Waals surface area (Å²) < 4.78 is 7.59. The van der Waals surface area contributed by atoms with Crippen molar-refractivity contribution >= 4 is 28.3 Å². The van der Waals surface area contributed by atoms with Crippen molar-refractivity contribution in [3.8, 4) is 11.5 Å². The second-order valence-electron chi connectivity index (χ2n) is 6.41. The van der Waals surface area contributed by atoms with Crippen LogP contribution in [0.15, 0.2) is 65.6 Å². The Morgan fingerprint density at radius 3 is 2.96 bits per heavy atom. The summed E-state index contributed by atoms with van der Waals surface area (Å²) in [5, 5.41) is 8.35. The van der Waals surface area contributed by atoms with Gasteiger partial charge in [-0.05, 0) is 30.7 Å². The van der Waals surface area contributed by atoms with E-state index >= 15 is 0 Å². The first-order valence-corrected chi connectivity index (χ1v) is 8.87. The van der Waals surface area contributed by atoms with Gasteiger partial charge in [0.1, 0.15) is 11.3 Å². The number of H-pyrrole nitrogens is 1. The monoisotopic (exact) mass is 372 g/mol. The third kappa shape index (κ3) is 3.01. The molecule has 0 spiro atoms. The standard InChI is InChI=1S/C20H16N6O2/c27-20(8-5-14-10-21-12-23-14)24-18-6-7-19-22-11-15(26(19)25-18)17-9-13-3-1-2-4-16(13)28-17/h1-4,6-7,9-12H,5,8H2,(H,21,23)(H,24,25,27). The third-order valence-corrected chi connectivity index (χ3v) is 4.48. The molecule has 1 amide bonds. The van der Waals surface area contributed by atoms with Crippen molar-refractivity contribution in [3.63, 3.8) is 0 Å². The molecule has 0 aliphatic carbocycles. The zero-order valence-corrected chi connectivity index (χ0v) is 14.8. The van der Waals surface area contributed by atoms with Crippen LogP contribution < -0.4 is 5.32 Å². The van der Waals surface area contributed by atoms with Crippen LogP contribution in [0.5, 0.6) is 0 Å². The first kappa shape index (κ1) is 16.2. The van der Waals surface area contributed by atoms with Crippen molar-refractivity contribution in [3.05, 3.63) is 66.9 Å². The minimum Gasteiger partial charge on any atom is -0.454 e. The van der Waals surface area contributed by atoms with E-state index in [9.17, 15) is 4.79 Å². The summed E-state index contributed by atoms with van der Waals surface area (Å²) in [4.78, 5) is 23.5. The molecule has 8 heteroatoms. The van der Waals surface area contributed by atoms with Crippen molar-refractivity contribution in [2.45, 2.75) is 12.8 Å². The minimum absolute atomic E-state index is 0.119. The van der Waals surface area contributed by atoms with Gasteiger partial charge in [-0.15, -0.1) is 5.10 Å². The molecule has 4 heterocycles. The maximum Gasteiger partial charge on any atom is 0.225 e. The number of nitrogens with one attached hydrogen (secondary N) is 2. The molecule has 0 aliphatic heterocycles. The molecule has 138 valence electrons. The molecule has 28 heavy (non-hydrogen) atoms. The largest absolute Gasteiger partial charge is 0.454 e. The molecular formula is C20H16N6O2. The van der Waals surface area contributed by atoms with Crippen LogP contribution in [-0.4, -0.2) is 30.5 Å². The molecule has 5 rings (SSSR count). The highest BCUT2D eigenvalue weighted by atomic mass is 16.3. The quantitative estimate of drug-likeness (QED) is 0.492. The number of amides is 1. The van der Waals surface area contributed by atoms with Gasteiger partial charge in [0.25, 0.3) is 0 Å². The number of furan rings is 1. The number of aryl methyl sites for hydroxylation is 1. The van der Waals surface area contributed by atoms with Gasteiger partial charge in [-0.2, -0.15) is 0 Å². The number of hydrogen-bond donors (Lipinski definition) is 2. The van der Waals surface area contributed by atoms with E-state index < -0.39 is 0 Å². The summed E-state index contributed by atoms with van der Waals surface area (Å²) in [5.41, 5.74) is 3.11. The first-order valence-electron chi connectivity index (χ1n) is 8.87. The van der Waals surface area contributed by atoms with Crippen molar-refractivity contribution in [2.75, 3.05) is 5.32 Å². The second kappa shape index (κ2) is 6.66. The average molecular weight is 372 g/mol. The molecule has 0 unspecified atom stereocenters. The molecule has 8 nitrogen and oxygen atoms in total. The molecule has 0 saturated carbocycles. The lowest BCUT2D eigenvalue weighted by atomic mass is 10.2. The number of aromatic amines is 1. The van der Waals surface area contributed by atoms with E-state index in [1.807, 2.05) is 36.4 Å². The summed E-state index contributed by atoms with van der Waals surface area (Å²) in [6, 6.07) is 13.3. The Balaban J connectivity index is 1.40. The Morgan fingerprint density at radius 2 is 2.11 bits per heavy atom. The summed E-state index contributed by atoms with van der Waals surface area (Å²) >= 11 is 0. The van der Waals surface area contributed by atoms with Crippen molar-refractivity contribution < 1.29 is 9.21 Å². The Bertz CT molecular complexity index is 1240. The van der Waals surface area contributed by atoms with Gasteiger partial charge in [-0.25, -0.2) is 14.5 Å². The number of carbonyl (C=O) groups excluding carboxylic acids is 1. The summed E-state index contributed by atoms with van der Waals surface area (Å²) in [7, 11) is 0. The minimum atomic E-state index is -0.119. The molecule has 1 aromatic carbocycles. The predicted molar refractivity (Wildman–Crippen MR) is 104 cm³/mol. The molecule has 2 N–H and O–H groups in total. The number of fused-ring (bicyclic) bond motifs is 2. The van der Waals surface area contributed by atoms with E-state index in [0.29, 0.717) is 30.1 Å². The number of carbonyl (C=O) groups is 1. The SMILES string of the molecule is O=C(CCc1cnc[nH]1)Nc1ccc2ncc(-c3cc4ccccc4o3)n2n1. The van der Waals surface area contributed by atoms with Gasteiger partial charge in [-0.3, -0.25) is 4.79 Å². The van der Waals surface area contributed by atoms with Gasteiger partial charge in [0.05, 0.1) is 12.5 Å². The lowest BCUT2D eigenvalue weighted by Gasteiger charge is -2.05. The number of rotatable bonds is 5. The van der Waals surface area contributed by atoms with E-state index in [0.717, 1.165) is 22.4 Å². The number of nitrogens with zero attached hydrogens (tertiary/aromatic N) is 4. The highest BCUT2D eigenvalue weighted by Crippen LogP contribution is 2.28. The smallest absolute Gasteiger partial charge is 0.225 e. The van der Waals surface area contributed by atoms with E-state index in [4.69, 9.17) is 4.42 Å². The molecule has 4 aromatic heterocycles. The van der Waals surface area contributed by atoms with E-state index in [1.54, 1.807) is 29.3 Å². The summed E-state index contributed by atoms with van der Waals surface area (Å²) in [5.74, 6) is 1.01. The van der Waals surface area contributed by atoms with Crippen LogP contribution in [0.3, 0.4) is 0 Å².